The van der Waals surface area contributed by atoms with Crippen LogP contribution in [0.15, 0.2) is 29.1 Å². The lowest BCUT2D eigenvalue weighted by Gasteiger charge is -2.22. The molecule has 1 aliphatic rings. The minimum absolute atomic E-state index is 0.0537. The summed E-state index contributed by atoms with van der Waals surface area (Å²) in [6.07, 6.45) is 1.34. The van der Waals surface area contributed by atoms with Crippen molar-refractivity contribution < 1.29 is 33.7 Å². The van der Waals surface area contributed by atoms with Gasteiger partial charge in [-0.05, 0) is 60.1 Å². The highest BCUT2D eigenvalue weighted by Gasteiger charge is 2.30. The molecule has 11 heteroatoms. The van der Waals surface area contributed by atoms with E-state index >= 15 is 0 Å². The molecule has 2 amide bonds. The molecular weight excluding hydrogens is 530 g/mol. The molecule has 2 aromatic rings. The number of aryl methyl sites for hydroxylation is 1. The van der Waals surface area contributed by atoms with Crippen LogP contribution in [-0.4, -0.2) is 56.8 Å². The molecule has 222 valence electrons. The quantitative estimate of drug-likeness (QED) is 0.282. The predicted octanol–water partition coefficient (Wildman–Crippen LogP) is 3.28. The van der Waals surface area contributed by atoms with E-state index < -0.39 is 18.1 Å². The third-order valence-corrected chi connectivity index (χ3v) is 7.04. The summed E-state index contributed by atoms with van der Waals surface area (Å²) in [5, 5.41) is 17.7. The second-order valence-corrected chi connectivity index (χ2v) is 10.3. The second-order valence-electron chi connectivity index (χ2n) is 10.3. The van der Waals surface area contributed by atoms with Crippen molar-refractivity contribution in [2.75, 3.05) is 33.2 Å². The van der Waals surface area contributed by atoms with Gasteiger partial charge in [0, 0.05) is 25.5 Å². The monoisotopic (exact) mass is 569 g/mol. The average Bonchev–Trinajstić information content (AvgIpc) is 3.16. The maximum absolute atomic E-state index is 13.6. The van der Waals surface area contributed by atoms with Gasteiger partial charge in [-0.2, -0.15) is 0 Å². The largest absolute Gasteiger partial charge is 0.493 e. The van der Waals surface area contributed by atoms with E-state index in [0.717, 1.165) is 11.1 Å². The van der Waals surface area contributed by atoms with Crippen molar-refractivity contribution in [1.29, 1.82) is 0 Å². The topological polar surface area (TPSA) is 152 Å². The molecule has 0 saturated carbocycles. The molecule has 2 aromatic carbocycles. The van der Waals surface area contributed by atoms with Gasteiger partial charge in [0.15, 0.2) is 11.5 Å². The molecule has 2 unspecified atom stereocenters. The average molecular weight is 570 g/mol. The number of methoxy groups -OCH3 is 3. The van der Waals surface area contributed by atoms with Gasteiger partial charge in [-0.3, -0.25) is 19.2 Å². The van der Waals surface area contributed by atoms with Crippen molar-refractivity contribution in [3.63, 3.8) is 0 Å². The van der Waals surface area contributed by atoms with E-state index in [4.69, 9.17) is 19.3 Å². The molecule has 0 radical (unpaired) electrons. The summed E-state index contributed by atoms with van der Waals surface area (Å²) in [7, 11) is 4.60. The lowest BCUT2D eigenvalue weighted by molar-refractivity contribution is -0.137. The molecule has 2 atom stereocenters. The third-order valence-electron chi connectivity index (χ3n) is 7.04. The maximum Gasteiger partial charge on any atom is 0.303 e. The highest BCUT2D eigenvalue weighted by atomic mass is 16.5. The van der Waals surface area contributed by atoms with Crippen molar-refractivity contribution >= 4 is 23.5 Å². The van der Waals surface area contributed by atoms with E-state index in [0.29, 0.717) is 47.6 Å². The molecule has 0 saturated heterocycles. The van der Waals surface area contributed by atoms with Crippen LogP contribution in [0, 0.1) is 5.92 Å². The number of carboxylic acids is 1. The summed E-state index contributed by atoms with van der Waals surface area (Å²) in [5.74, 6) is -0.323. The van der Waals surface area contributed by atoms with E-state index in [1.165, 1.54) is 27.2 Å². The minimum Gasteiger partial charge on any atom is -0.493 e. The van der Waals surface area contributed by atoms with Crippen molar-refractivity contribution in [2.45, 2.75) is 58.5 Å². The van der Waals surface area contributed by atoms with Gasteiger partial charge in [-0.1, -0.05) is 19.9 Å². The SMILES string of the molecule is COc1cc2c(c(OC)c1OC)-c1ccc(NC(C(=O)NCCCC(=O)O)C(C)C)c(=O)cc1C(NC(C)=O)CC2. The van der Waals surface area contributed by atoms with Crippen LogP contribution >= 0.6 is 0 Å². The first-order valence-electron chi connectivity index (χ1n) is 13.6. The Labute approximate surface area is 239 Å². The molecule has 0 spiro atoms. The van der Waals surface area contributed by atoms with Crippen molar-refractivity contribution in [2.24, 2.45) is 5.92 Å². The van der Waals surface area contributed by atoms with Gasteiger partial charge in [0.25, 0.3) is 0 Å². The number of carbonyl (C=O) groups is 3. The Bertz CT molecular complexity index is 1360. The normalized spacial score (nSPS) is 14.6. The molecule has 0 fully saturated rings. The summed E-state index contributed by atoms with van der Waals surface area (Å²) in [5.41, 5.74) is 2.78. The Morgan fingerprint density at radius 1 is 1.05 bits per heavy atom. The smallest absolute Gasteiger partial charge is 0.303 e. The van der Waals surface area contributed by atoms with Crippen molar-refractivity contribution in [1.82, 2.24) is 10.6 Å². The van der Waals surface area contributed by atoms with Gasteiger partial charge in [-0.15, -0.1) is 0 Å². The molecule has 4 N–H and O–H groups in total. The Balaban J connectivity index is 2.14. The van der Waals surface area contributed by atoms with Crippen LogP contribution in [0.1, 0.15) is 57.2 Å². The first kappa shape index (κ1) is 31.3. The molecule has 0 bridgehead atoms. The number of benzene rings is 1. The van der Waals surface area contributed by atoms with Gasteiger partial charge in [0.05, 0.1) is 33.1 Å². The highest BCUT2D eigenvalue weighted by molar-refractivity contribution is 5.86. The number of hydrogen-bond donors (Lipinski definition) is 4. The van der Waals surface area contributed by atoms with Gasteiger partial charge >= 0.3 is 5.97 Å². The second kappa shape index (κ2) is 13.9. The number of nitrogens with one attached hydrogen (secondary N) is 3. The van der Waals surface area contributed by atoms with Crippen LogP contribution in [0.2, 0.25) is 0 Å². The number of rotatable bonds is 12. The van der Waals surface area contributed by atoms with E-state index in [1.807, 2.05) is 19.9 Å². The van der Waals surface area contributed by atoms with Crippen LogP contribution in [0.4, 0.5) is 5.69 Å². The lowest BCUT2D eigenvalue weighted by atomic mass is 9.95. The fourth-order valence-corrected chi connectivity index (χ4v) is 5.09. The number of amides is 2. The van der Waals surface area contributed by atoms with Gasteiger partial charge in [0.2, 0.25) is 23.0 Å². The van der Waals surface area contributed by atoms with Crippen LogP contribution in [-0.2, 0) is 20.8 Å². The molecule has 1 aliphatic carbocycles. The Hall–Kier alpha value is -4.28. The Morgan fingerprint density at radius 3 is 2.34 bits per heavy atom. The first-order chi connectivity index (χ1) is 19.5. The van der Waals surface area contributed by atoms with Gasteiger partial charge < -0.3 is 35.3 Å². The van der Waals surface area contributed by atoms with E-state index in [1.54, 1.807) is 19.2 Å². The molecule has 3 rings (SSSR count). The predicted molar refractivity (Wildman–Crippen MR) is 155 cm³/mol. The Morgan fingerprint density at radius 2 is 1.76 bits per heavy atom. The number of carboxylic acid groups (broad SMARTS) is 1. The third kappa shape index (κ3) is 7.27. The van der Waals surface area contributed by atoms with Gasteiger partial charge in [-0.25, -0.2) is 0 Å². The number of carbonyl (C=O) groups excluding carboxylic acids is 2. The van der Waals surface area contributed by atoms with Crippen molar-refractivity contribution in [3.05, 3.63) is 45.6 Å². The number of ether oxygens (including phenoxy) is 3. The summed E-state index contributed by atoms with van der Waals surface area (Å²) in [6, 6.07) is 5.59. The summed E-state index contributed by atoms with van der Waals surface area (Å²) in [4.78, 5) is 49.5. The summed E-state index contributed by atoms with van der Waals surface area (Å²) in [6.45, 7) is 5.34. The lowest BCUT2D eigenvalue weighted by Crippen LogP contribution is -2.44. The van der Waals surface area contributed by atoms with Gasteiger partial charge in [0.1, 0.15) is 6.04 Å². The zero-order valence-corrected chi connectivity index (χ0v) is 24.4. The number of anilines is 1. The molecule has 0 aliphatic heterocycles. The first-order valence-corrected chi connectivity index (χ1v) is 13.6. The molecule has 11 nitrogen and oxygen atoms in total. The fraction of sp³-hybridized carbons (Fsp3) is 0.467. The molecule has 0 heterocycles. The van der Waals surface area contributed by atoms with Crippen LogP contribution in [0.5, 0.6) is 17.2 Å². The van der Waals surface area contributed by atoms with Crippen molar-refractivity contribution in [3.8, 4) is 28.4 Å². The van der Waals surface area contributed by atoms with Crippen LogP contribution < -0.4 is 35.6 Å². The highest BCUT2D eigenvalue weighted by Crippen LogP contribution is 2.50. The molecule has 0 aromatic heterocycles. The summed E-state index contributed by atoms with van der Waals surface area (Å²) < 4.78 is 17.0. The van der Waals surface area contributed by atoms with E-state index in [-0.39, 0.29) is 41.8 Å². The number of fused-ring (bicyclic) bond motifs is 3. The number of aliphatic carboxylic acids is 1. The van der Waals surface area contributed by atoms with E-state index in [9.17, 15) is 19.2 Å². The summed E-state index contributed by atoms with van der Waals surface area (Å²) >= 11 is 0. The zero-order chi connectivity index (χ0) is 30.3. The standard InChI is InChI=1S/C30H39N3O8/c1-16(2)27(30(38)31-13-7-8-25(36)37)33-22-12-10-19-20(15-23(22)35)21(32-17(3)34)11-9-18-14-24(39-4)28(40-5)29(41-6)26(18)19/h10,12,14-16,21,27H,7-9,11,13H2,1-6H3,(H,31,38)(H,32,34)(H,33,35)(H,36,37). The molecule has 41 heavy (non-hydrogen) atoms. The van der Waals surface area contributed by atoms with Crippen LogP contribution in [0.25, 0.3) is 11.1 Å². The fourth-order valence-electron chi connectivity index (χ4n) is 5.09. The van der Waals surface area contributed by atoms with E-state index in [2.05, 4.69) is 16.0 Å². The zero-order valence-electron chi connectivity index (χ0n) is 24.4. The van der Waals surface area contributed by atoms with Crippen LogP contribution in [0.3, 0.4) is 0 Å². The minimum atomic E-state index is -0.933. The molecular formula is C30H39N3O8. The number of hydrogen-bond acceptors (Lipinski definition) is 8. The maximum atomic E-state index is 13.6. The Kier molecular flexibility index (Phi) is 10.6.